The summed E-state index contributed by atoms with van der Waals surface area (Å²) in [6, 6.07) is 8.09. The number of morpholine rings is 1. The van der Waals surface area contributed by atoms with Gasteiger partial charge in [-0.1, -0.05) is 18.2 Å². The van der Waals surface area contributed by atoms with Crippen molar-refractivity contribution < 1.29 is 17.9 Å². The van der Waals surface area contributed by atoms with E-state index in [1.807, 2.05) is 12.1 Å². The lowest BCUT2D eigenvalue weighted by molar-refractivity contribution is -0.138. The highest BCUT2D eigenvalue weighted by Crippen LogP contribution is 2.30. The van der Waals surface area contributed by atoms with Crippen molar-refractivity contribution in [1.29, 1.82) is 0 Å². The van der Waals surface area contributed by atoms with E-state index in [9.17, 15) is 13.2 Å². The number of para-hydroxylation sites is 1. The summed E-state index contributed by atoms with van der Waals surface area (Å²) >= 11 is 0. The molecule has 2 fully saturated rings. The Morgan fingerprint density at radius 1 is 1.12 bits per heavy atom. The Hall–Kier alpha value is -2.03. The predicted octanol–water partition coefficient (Wildman–Crippen LogP) is 1.25. The largest absolute Gasteiger partial charge is 0.378 e. The molecule has 2 aliphatic heterocycles. The molecule has 2 saturated heterocycles. The topological polar surface area (TPSA) is 79.8 Å². The van der Waals surface area contributed by atoms with Crippen LogP contribution in [0.1, 0.15) is 12.8 Å². The normalized spacial score (nSPS) is 22.0. The predicted molar refractivity (Wildman–Crippen MR) is 96.1 cm³/mol. The van der Waals surface area contributed by atoms with Gasteiger partial charge < -0.3 is 9.64 Å². The molecule has 0 radical (unpaired) electrons. The summed E-state index contributed by atoms with van der Waals surface area (Å²) in [7, 11) is -3.81. The molecule has 3 heterocycles. The Bertz CT molecular complexity index is 920. The molecule has 0 saturated carbocycles. The molecule has 0 spiro atoms. The van der Waals surface area contributed by atoms with Crippen molar-refractivity contribution in [2.24, 2.45) is 0 Å². The van der Waals surface area contributed by atoms with Gasteiger partial charge in [-0.05, 0) is 25.0 Å². The minimum Gasteiger partial charge on any atom is -0.378 e. The fourth-order valence-corrected chi connectivity index (χ4v) is 5.50. The van der Waals surface area contributed by atoms with Crippen molar-refractivity contribution in [2.75, 3.05) is 32.8 Å². The van der Waals surface area contributed by atoms with Crippen molar-refractivity contribution in [2.45, 2.75) is 23.8 Å². The molecule has 1 aromatic carbocycles. The SMILES string of the molecule is O=C([C@@H]1CCCN1S(=O)(=O)c1cccc2cccnc12)N1CCOCC1. The third-order valence-electron chi connectivity index (χ3n) is 4.99. The van der Waals surface area contributed by atoms with Gasteiger partial charge in [0.1, 0.15) is 10.9 Å². The van der Waals surface area contributed by atoms with Crippen molar-refractivity contribution in [3.63, 3.8) is 0 Å². The maximum atomic E-state index is 13.3. The van der Waals surface area contributed by atoms with E-state index in [1.165, 1.54) is 4.31 Å². The van der Waals surface area contributed by atoms with Crippen molar-refractivity contribution in [1.82, 2.24) is 14.2 Å². The molecule has 138 valence electrons. The number of ether oxygens (including phenoxy) is 1. The highest BCUT2D eigenvalue weighted by Gasteiger charge is 2.42. The first-order valence-corrected chi connectivity index (χ1v) is 10.3. The van der Waals surface area contributed by atoms with Gasteiger partial charge in [0.15, 0.2) is 0 Å². The Balaban J connectivity index is 1.69. The van der Waals surface area contributed by atoms with Crippen molar-refractivity contribution in [3.8, 4) is 0 Å². The number of hydrogen-bond donors (Lipinski definition) is 0. The highest BCUT2D eigenvalue weighted by atomic mass is 32.2. The second-order valence-corrected chi connectivity index (χ2v) is 8.40. The van der Waals surface area contributed by atoms with Gasteiger partial charge in [0.25, 0.3) is 0 Å². The molecule has 0 bridgehead atoms. The zero-order valence-electron chi connectivity index (χ0n) is 14.4. The molecular weight excluding hydrogens is 354 g/mol. The van der Waals surface area contributed by atoms with E-state index < -0.39 is 16.1 Å². The van der Waals surface area contributed by atoms with E-state index in [0.29, 0.717) is 51.2 Å². The molecule has 7 nitrogen and oxygen atoms in total. The van der Waals surface area contributed by atoms with Gasteiger partial charge >= 0.3 is 0 Å². The summed E-state index contributed by atoms with van der Waals surface area (Å²) in [6.07, 6.45) is 2.81. The number of rotatable bonds is 3. The van der Waals surface area contributed by atoms with Crippen LogP contribution >= 0.6 is 0 Å². The van der Waals surface area contributed by atoms with Gasteiger partial charge in [-0.3, -0.25) is 9.78 Å². The summed E-state index contributed by atoms with van der Waals surface area (Å²) in [5, 5.41) is 0.767. The van der Waals surface area contributed by atoms with E-state index in [4.69, 9.17) is 4.74 Å². The Labute approximate surface area is 152 Å². The minimum absolute atomic E-state index is 0.123. The molecule has 0 aliphatic carbocycles. The van der Waals surface area contributed by atoms with Crippen LogP contribution in [0.3, 0.4) is 0 Å². The number of nitrogens with zero attached hydrogens (tertiary/aromatic N) is 3. The fraction of sp³-hybridized carbons (Fsp3) is 0.444. The van der Waals surface area contributed by atoms with Crippen LogP contribution in [0.15, 0.2) is 41.4 Å². The van der Waals surface area contributed by atoms with Crippen LogP contribution < -0.4 is 0 Å². The summed E-state index contributed by atoms with van der Waals surface area (Å²) in [6.45, 7) is 2.38. The molecular formula is C18H21N3O4S. The van der Waals surface area contributed by atoms with Crippen LogP contribution in [0.2, 0.25) is 0 Å². The first-order valence-electron chi connectivity index (χ1n) is 8.81. The van der Waals surface area contributed by atoms with E-state index in [-0.39, 0.29) is 10.8 Å². The van der Waals surface area contributed by atoms with Gasteiger partial charge in [0.05, 0.1) is 18.7 Å². The number of aromatic nitrogens is 1. The monoisotopic (exact) mass is 375 g/mol. The summed E-state index contributed by atoms with van der Waals surface area (Å²) in [5.41, 5.74) is 0.444. The molecule has 0 N–H and O–H groups in total. The summed E-state index contributed by atoms with van der Waals surface area (Å²) in [5.74, 6) is -0.123. The first kappa shape index (κ1) is 17.4. The number of benzene rings is 1. The number of carbonyl (C=O) groups is 1. The van der Waals surface area contributed by atoms with E-state index in [1.54, 1.807) is 29.3 Å². The van der Waals surface area contributed by atoms with Gasteiger partial charge in [0.2, 0.25) is 15.9 Å². The van der Waals surface area contributed by atoms with Gasteiger partial charge in [-0.15, -0.1) is 0 Å². The maximum Gasteiger partial charge on any atom is 0.245 e. The summed E-state index contributed by atoms with van der Waals surface area (Å²) < 4.78 is 33.3. The average Bonchev–Trinajstić information content (AvgIpc) is 3.18. The smallest absolute Gasteiger partial charge is 0.245 e. The standard InChI is InChI=1S/C18H21N3O4S/c22-18(20-10-12-25-13-11-20)15-6-3-9-21(15)26(23,24)16-7-1-4-14-5-2-8-19-17(14)16/h1-2,4-5,7-8,15H,3,6,9-13H2/t15-/m0/s1. The van der Waals surface area contributed by atoms with Gasteiger partial charge in [-0.25, -0.2) is 8.42 Å². The zero-order valence-corrected chi connectivity index (χ0v) is 15.2. The number of carbonyl (C=O) groups excluding carboxylic acids is 1. The van der Waals surface area contributed by atoms with Crippen LogP contribution in [0.25, 0.3) is 10.9 Å². The second kappa shape index (κ2) is 6.94. The molecule has 2 aliphatic rings. The molecule has 2 aromatic rings. The van der Waals surface area contributed by atoms with Crippen LogP contribution in [-0.2, 0) is 19.6 Å². The third-order valence-corrected chi connectivity index (χ3v) is 6.93. The summed E-state index contributed by atoms with van der Waals surface area (Å²) in [4.78, 5) is 19.0. The van der Waals surface area contributed by atoms with Crippen LogP contribution in [0.5, 0.6) is 0 Å². The number of fused-ring (bicyclic) bond motifs is 1. The lowest BCUT2D eigenvalue weighted by atomic mass is 10.2. The molecule has 8 heteroatoms. The number of sulfonamides is 1. The number of pyridine rings is 1. The van der Waals surface area contributed by atoms with E-state index in [0.717, 1.165) is 5.39 Å². The van der Waals surface area contributed by atoms with E-state index >= 15 is 0 Å². The van der Waals surface area contributed by atoms with E-state index in [2.05, 4.69) is 4.98 Å². The quantitative estimate of drug-likeness (QED) is 0.807. The molecule has 0 unspecified atom stereocenters. The lowest BCUT2D eigenvalue weighted by Gasteiger charge is -2.32. The van der Waals surface area contributed by atoms with Gasteiger partial charge in [-0.2, -0.15) is 4.31 Å². The molecule has 1 atom stereocenters. The Kier molecular flexibility index (Phi) is 4.64. The molecule has 4 rings (SSSR count). The number of amides is 1. The molecule has 1 aromatic heterocycles. The first-order chi connectivity index (χ1) is 12.6. The van der Waals surface area contributed by atoms with Gasteiger partial charge in [0, 0.05) is 31.2 Å². The molecule has 1 amide bonds. The fourth-order valence-electron chi connectivity index (χ4n) is 3.68. The molecule has 26 heavy (non-hydrogen) atoms. The van der Waals surface area contributed by atoms with Crippen molar-refractivity contribution in [3.05, 3.63) is 36.5 Å². The van der Waals surface area contributed by atoms with Crippen LogP contribution in [-0.4, -0.2) is 67.4 Å². The highest BCUT2D eigenvalue weighted by molar-refractivity contribution is 7.89. The minimum atomic E-state index is -3.81. The van der Waals surface area contributed by atoms with Crippen LogP contribution in [0.4, 0.5) is 0 Å². The number of hydrogen-bond acceptors (Lipinski definition) is 5. The van der Waals surface area contributed by atoms with Crippen LogP contribution in [0, 0.1) is 0 Å². The zero-order chi connectivity index (χ0) is 18.1. The Morgan fingerprint density at radius 2 is 1.88 bits per heavy atom. The second-order valence-electron chi connectivity index (χ2n) is 6.54. The average molecular weight is 375 g/mol. The maximum absolute atomic E-state index is 13.3. The van der Waals surface area contributed by atoms with Crippen molar-refractivity contribution >= 4 is 26.8 Å². The lowest BCUT2D eigenvalue weighted by Crippen LogP contribution is -2.51. The Morgan fingerprint density at radius 3 is 2.69 bits per heavy atom. The third kappa shape index (κ3) is 2.98.